The fraction of sp³-hybridized carbons (Fsp3) is 0.273. The highest BCUT2D eigenvalue weighted by molar-refractivity contribution is 7.89. The normalized spacial score (nSPS) is 12.7. The van der Waals surface area contributed by atoms with E-state index in [0.29, 0.717) is 0 Å². The van der Waals surface area contributed by atoms with Crippen molar-refractivity contribution in [2.24, 2.45) is 0 Å². The number of carbonyl (C=O) groups is 1. The van der Waals surface area contributed by atoms with Crippen LogP contribution < -0.4 is 4.72 Å². The Balaban J connectivity index is 3.21. The number of carboxylic acids is 1. The van der Waals surface area contributed by atoms with Gasteiger partial charge in [0.25, 0.3) is 0 Å². The van der Waals surface area contributed by atoms with Gasteiger partial charge in [-0.1, -0.05) is 6.07 Å². The van der Waals surface area contributed by atoms with Crippen LogP contribution in [0, 0.1) is 17.1 Å². The summed E-state index contributed by atoms with van der Waals surface area (Å²) in [5.74, 6) is -2.51. The number of rotatable bonds is 6. The van der Waals surface area contributed by atoms with E-state index in [1.807, 2.05) is 0 Å². The van der Waals surface area contributed by atoms with Crippen LogP contribution in [0.3, 0.4) is 0 Å². The molecule has 0 saturated heterocycles. The number of nitrogens with one attached hydrogen (secondary N) is 1. The number of sulfonamides is 1. The molecule has 7 nitrogen and oxygen atoms in total. The molecule has 1 rings (SSSR count). The fourth-order valence-corrected chi connectivity index (χ4v) is 2.84. The third kappa shape index (κ3) is 3.51. The van der Waals surface area contributed by atoms with Gasteiger partial charge in [0.05, 0.1) is 0 Å². The summed E-state index contributed by atoms with van der Waals surface area (Å²) in [5.41, 5.74) is -0.701. The van der Waals surface area contributed by atoms with Gasteiger partial charge in [-0.3, -0.25) is 4.79 Å². The lowest BCUT2D eigenvalue weighted by Gasteiger charge is -2.14. The van der Waals surface area contributed by atoms with Gasteiger partial charge in [-0.2, -0.15) is 9.98 Å². The lowest BCUT2D eigenvalue weighted by atomic mass is 10.2. The van der Waals surface area contributed by atoms with Crippen molar-refractivity contribution in [1.29, 1.82) is 5.26 Å². The van der Waals surface area contributed by atoms with E-state index in [9.17, 15) is 17.6 Å². The molecule has 9 heteroatoms. The molecule has 0 radical (unpaired) electrons. The average molecular weight is 302 g/mol. The zero-order chi connectivity index (χ0) is 15.3. The largest absolute Gasteiger partial charge is 0.480 e. The van der Waals surface area contributed by atoms with Crippen molar-refractivity contribution in [3.05, 3.63) is 29.6 Å². The molecule has 108 valence electrons. The molecule has 0 aliphatic heterocycles. The lowest BCUT2D eigenvalue weighted by Crippen LogP contribution is -2.41. The van der Waals surface area contributed by atoms with Crippen LogP contribution in [0.15, 0.2) is 23.1 Å². The second-order valence-corrected chi connectivity index (χ2v) is 5.43. The minimum absolute atomic E-state index is 0.355. The van der Waals surface area contributed by atoms with Crippen LogP contribution in [0.25, 0.3) is 0 Å². The highest BCUT2D eigenvalue weighted by Crippen LogP contribution is 2.18. The molecule has 1 aromatic carbocycles. The molecule has 0 unspecified atom stereocenters. The van der Waals surface area contributed by atoms with Crippen molar-refractivity contribution < 1.29 is 27.8 Å². The molecule has 0 aliphatic carbocycles. The first kappa shape index (κ1) is 16.0. The smallest absolute Gasteiger partial charge is 0.321 e. The molecule has 0 aliphatic rings. The van der Waals surface area contributed by atoms with Crippen molar-refractivity contribution in [3.63, 3.8) is 0 Å². The van der Waals surface area contributed by atoms with E-state index in [1.54, 1.807) is 4.72 Å². The molecule has 0 spiro atoms. The van der Waals surface area contributed by atoms with Crippen LogP contribution in [0.1, 0.15) is 12.0 Å². The predicted octanol–water partition coefficient (Wildman–Crippen LogP) is -0.189. The second-order valence-electron chi connectivity index (χ2n) is 3.75. The van der Waals surface area contributed by atoms with Gasteiger partial charge in [0.15, 0.2) is 0 Å². The third-order valence-corrected chi connectivity index (χ3v) is 3.90. The monoisotopic (exact) mass is 302 g/mol. The van der Waals surface area contributed by atoms with E-state index in [2.05, 4.69) is 0 Å². The molecule has 0 amide bonds. The van der Waals surface area contributed by atoms with Gasteiger partial charge in [-0.15, -0.1) is 0 Å². The summed E-state index contributed by atoms with van der Waals surface area (Å²) in [6.07, 6.45) is -0.355. The average Bonchev–Trinajstić information content (AvgIpc) is 2.37. The summed E-state index contributed by atoms with van der Waals surface area (Å²) >= 11 is 0. The van der Waals surface area contributed by atoms with Gasteiger partial charge in [-0.25, -0.2) is 12.8 Å². The van der Waals surface area contributed by atoms with Gasteiger partial charge in [0.1, 0.15) is 28.4 Å². The number of nitriles is 1. The Kier molecular flexibility index (Phi) is 5.15. The number of hydrogen-bond donors (Lipinski definition) is 3. The van der Waals surface area contributed by atoms with Gasteiger partial charge in [0, 0.05) is 6.61 Å². The number of nitrogens with zero attached hydrogens (tertiary/aromatic N) is 1. The first-order valence-electron chi connectivity index (χ1n) is 5.38. The number of carboxylic acid groups (broad SMARTS) is 1. The Labute approximate surface area is 114 Å². The minimum Gasteiger partial charge on any atom is -0.480 e. The van der Waals surface area contributed by atoms with Crippen molar-refractivity contribution in [2.75, 3.05) is 6.61 Å². The molecule has 20 heavy (non-hydrogen) atoms. The minimum atomic E-state index is -4.40. The summed E-state index contributed by atoms with van der Waals surface area (Å²) in [4.78, 5) is 10.2. The molecule has 3 N–H and O–H groups in total. The third-order valence-electron chi connectivity index (χ3n) is 2.39. The molecule has 0 aromatic heterocycles. The van der Waals surface area contributed by atoms with Crippen molar-refractivity contribution in [2.45, 2.75) is 17.4 Å². The number of hydrogen-bond acceptors (Lipinski definition) is 5. The number of aliphatic hydroxyl groups excluding tert-OH is 1. The topological polar surface area (TPSA) is 127 Å². The maximum atomic E-state index is 13.4. The first-order valence-corrected chi connectivity index (χ1v) is 6.86. The number of benzene rings is 1. The molecule has 1 atom stereocenters. The zero-order valence-electron chi connectivity index (χ0n) is 10.1. The standard InChI is InChI=1S/C11H11FN2O5S/c12-8-2-1-3-10(7(8)6-13)20(18,19)14-9(4-5-15)11(16)17/h1-3,9,14-15H,4-5H2,(H,16,17)/t9-/m1/s1. The van der Waals surface area contributed by atoms with Gasteiger partial charge in [0.2, 0.25) is 10.0 Å². The number of aliphatic carboxylic acids is 1. The molecule has 0 saturated carbocycles. The quantitative estimate of drug-likeness (QED) is 0.668. The Bertz CT molecular complexity index is 653. The highest BCUT2D eigenvalue weighted by atomic mass is 32.2. The summed E-state index contributed by atoms with van der Waals surface area (Å²) in [5, 5.41) is 26.3. The van der Waals surface area contributed by atoms with Crippen molar-refractivity contribution >= 4 is 16.0 Å². The van der Waals surface area contributed by atoms with E-state index in [0.717, 1.165) is 18.2 Å². The molecule has 0 heterocycles. The Hall–Kier alpha value is -2.02. The Morgan fingerprint density at radius 1 is 1.50 bits per heavy atom. The summed E-state index contributed by atoms with van der Waals surface area (Å²) in [6.45, 7) is -0.548. The number of aliphatic hydroxyl groups is 1. The van der Waals surface area contributed by atoms with Crippen LogP contribution in [0.2, 0.25) is 0 Å². The van der Waals surface area contributed by atoms with E-state index < -0.39 is 44.9 Å². The van der Waals surface area contributed by atoms with Crippen LogP contribution in [-0.2, 0) is 14.8 Å². The maximum absolute atomic E-state index is 13.4. The van der Waals surface area contributed by atoms with E-state index in [1.165, 1.54) is 6.07 Å². The first-order chi connectivity index (χ1) is 9.33. The Morgan fingerprint density at radius 3 is 2.65 bits per heavy atom. The lowest BCUT2D eigenvalue weighted by molar-refractivity contribution is -0.139. The van der Waals surface area contributed by atoms with Gasteiger partial charge >= 0.3 is 5.97 Å². The van der Waals surface area contributed by atoms with Gasteiger partial charge < -0.3 is 10.2 Å². The zero-order valence-corrected chi connectivity index (χ0v) is 10.9. The maximum Gasteiger partial charge on any atom is 0.321 e. The van der Waals surface area contributed by atoms with Crippen LogP contribution >= 0.6 is 0 Å². The summed E-state index contributed by atoms with van der Waals surface area (Å²) in [7, 11) is -4.40. The molecule has 0 fully saturated rings. The molecular formula is C11H11FN2O5S. The van der Waals surface area contributed by atoms with E-state index in [4.69, 9.17) is 15.5 Å². The molecule has 1 aromatic rings. The Morgan fingerprint density at radius 2 is 2.15 bits per heavy atom. The van der Waals surface area contributed by atoms with Crippen molar-refractivity contribution in [1.82, 2.24) is 4.72 Å². The molecule has 0 bridgehead atoms. The van der Waals surface area contributed by atoms with E-state index in [-0.39, 0.29) is 6.42 Å². The summed E-state index contributed by atoms with van der Waals surface area (Å²) < 4.78 is 39.1. The van der Waals surface area contributed by atoms with Crippen LogP contribution in [0.4, 0.5) is 4.39 Å². The predicted molar refractivity (Wildman–Crippen MR) is 64.6 cm³/mol. The molecular weight excluding hydrogens is 291 g/mol. The van der Waals surface area contributed by atoms with Crippen LogP contribution in [-0.4, -0.2) is 37.2 Å². The summed E-state index contributed by atoms with van der Waals surface area (Å²) in [6, 6.07) is 2.84. The van der Waals surface area contributed by atoms with Crippen LogP contribution in [0.5, 0.6) is 0 Å². The fourth-order valence-electron chi connectivity index (χ4n) is 1.45. The SMILES string of the molecule is N#Cc1c(F)cccc1S(=O)(=O)N[C@H](CCO)C(=O)O. The van der Waals surface area contributed by atoms with E-state index >= 15 is 0 Å². The van der Waals surface area contributed by atoms with Crippen molar-refractivity contribution in [3.8, 4) is 6.07 Å². The van der Waals surface area contributed by atoms with Gasteiger partial charge in [-0.05, 0) is 18.6 Å². The number of halogens is 1. The highest BCUT2D eigenvalue weighted by Gasteiger charge is 2.27. The second kappa shape index (κ2) is 6.42.